The Hall–Kier alpha value is -0.370. The number of hydrogen-bond acceptors (Lipinski definition) is 2. The van der Waals surface area contributed by atoms with Crippen LogP contribution < -0.4 is 5.73 Å². The molecule has 0 aliphatic carbocycles. The Labute approximate surface area is 81.9 Å². The predicted octanol–water partition coefficient (Wildman–Crippen LogP) is 2.51. The summed E-state index contributed by atoms with van der Waals surface area (Å²) in [5.41, 5.74) is 5.72. The first-order valence-corrected chi connectivity index (χ1v) is 5.37. The molecule has 2 nitrogen and oxygen atoms in total. The van der Waals surface area contributed by atoms with Crippen LogP contribution in [0.3, 0.4) is 0 Å². The topological polar surface area (TPSA) is 43.1 Å². The summed E-state index contributed by atoms with van der Waals surface area (Å²) in [6, 6.07) is -0.234. The van der Waals surface area contributed by atoms with E-state index in [1.807, 2.05) is 0 Å². The Morgan fingerprint density at radius 3 is 2.38 bits per heavy atom. The lowest BCUT2D eigenvalue weighted by Crippen LogP contribution is -2.30. The van der Waals surface area contributed by atoms with Gasteiger partial charge in [-0.25, -0.2) is 0 Å². The van der Waals surface area contributed by atoms with Crippen LogP contribution in [0.25, 0.3) is 0 Å². The van der Waals surface area contributed by atoms with E-state index in [1.165, 1.54) is 19.3 Å². The zero-order valence-corrected chi connectivity index (χ0v) is 9.18. The van der Waals surface area contributed by atoms with Crippen LogP contribution in [0, 0.1) is 5.92 Å². The maximum Gasteiger partial charge on any atom is 0.146 e. The molecule has 0 rings (SSSR count). The average molecular weight is 185 g/mol. The summed E-state index contributed by atoms with van der Waals surface area (Å²) in [6.45, 7) is 5.95. The lowest BCUT2D eigenvalue weighted by Gasteiger charge is -2.17. The molecule has 2 unspecified atom stereocenters. The van der Waals surface area contributed by atoms with Gasteiger partial charge in [-0.3, -0.25) is 4.79 Å². The van der Waals surface area contributed by atoms with Gasteiger partial charge in [0, 0.05) is 0 Å². The number of nitrogens with two attached hydrogens (primary N) is 1. The number of ketones is 1. The van der Waals surface area contributed by atoms with Gasteiger partial charge >= 0.3 is 0 Å². The van der Waals surface area contributed by atoms with Crippen LogP contribution in [-0.2, 0) is 4.79 Å². The molecule has 0 spiro atoms. The maximum absolute atomic E-state index is 10.9. The van der Waals surface area contributed by atoms with Crippen molar-refractivity contribution in [3.8, 4) is 0 Å². The molecule has 0 fully saturated rings. The standard InChI is InChI=1S/C11H23NO/c1-4-6-7-10(5-2)8-11(12)9(3)13/h10-11H,4-8,12H2,1-3H3. The van der Waals surface area contributed by atoms with E-state index in [2.05, 4.69) is 13.8 Å². The van der Waals surface area contributed by atoms with Crippen LogP contribution in [0.1, 0.15) is 52.9 Å². The molecule has 2 N–H and O–H groups in total. The lowest BCUT2D eigenvalue weighted by atomic mass is 9.91. The molecule has 0 heterocycles. The van der Waals surface area contributed by atoms with Gasteiger partial charge in [0.15, 0.2) is 0 Å². The van der Waals surface area contributed by atoms with Crippen LogP contribution in [0.2, 0.25) is 0 Å². The monoisotopic (exact) mass is 185 g/mol. The summed E-state index contributed by atoms with van der Waals surface area (Å²) >= 11 is 0. The van der Waals surface area contributed by atoms with Crippen molar-refractivity contribution in [2.75, 3.05) is 0 Å². The van der Waals surface area contributed by atoms with Crippen LogP contribution in [0.4, 0.5) is 0 Å². The van der Waals surface area contributed by atoms with E-state index in [1.54, 1.807) is 6.92 Å². The second-order valence-corrected chi connectivity index (χ2v) is 3.87. The third-order valence-corrected chi connectivity index (χ3v) is 2.65. The van der Waals surface area contributed by atoms with E-state index in [-0.39, 0.29) is 11.8 Å². The highest BCUT2D eigenvalue weighted by Gasteiger charge is 2.14. The van der Waals surface area contributed by atoms with Gasteiger partial charge in [0.2, 0.25) is 0 Å². The van der Waals surface area contributed by atoms with Crippen molar-refractivity contribution in [3.05, 3.63) is 0 Å². The average Bonchev–Trinajstić information content (AvgIpc) is 2.11. The Balaban J connectivity index is 3.75. The molecule has 0 aromatic carbocycles. The molecule has 0 saturated carbocycles. The zero-order chi connectivity index (χ0) is 10.3. The normalized spacial score (nSPS) is 15.4. The van der Waals surface area contributed by atoms with E-state index in [0.29, 0.717) is 5.92 Å². The van der Waals surface area contributed by atoms with E-state index < -0.39 is 0 Å². The Kier molecular flexibility index (Phi) is 6.87. The molecule has 0 amide bonds. The molecule has 2 heteroatoms. The molecule has 78 valence electrons. The fraction of sp³-hybridized carbons (Fsp3) is 0.909. The number of rotatable bonds is 7. The van der Waals surface area contributed by atoms with E-state index in [0.717, 1.165) is 12.8 Å². The van der Waals surface area contributed by atoms with Gasteiger partial charge < -0.3 is 5.73 Å². The minimum absolute atomic E-state index is 0.120. The molecule has 0 saturated heterocycles. The molecule has 0 aromatic rings. The minimum Gasteiger partial charge on any atom is -0.322 e. The number of carbonyl (C=O) groups is 1. The van der Waals surface area contributed by atoms with Crippen molar-refractivity contribution < 1.29 is 4.79 Å². The van der Waals surface area contributed by atoms with E-state index in [4.69, 9.17) is 5.73 Å². The lowest BCUT2D eigenvalue weighted by molar-refractivity contribution is -0.118. The van der Waals surface area contributed by atoms with Crippen LogP contribution in [-0.4, -0.2) is 11.8 Å². The van der Waals surface area contributed by atoms with Gasteiger partial charge in [0.05, 0.1) is 6.04 Å². The van der Waals surface area contributed by atoms with Crippen LogP contribution in [0.15, 0.2) is 0 Å². The summed E-state index contributed by atoms with van der Waals surface area (Å²) in [7, 11) is 0. The number of Topliss-reactive ketones (excluding diaryl/α,β-unsaturated/α-hetero) is 1. The smallest absolute Gasteiger partial charge is 0.146 e. The van der Waals surface area contributed by atoms with Gasteiger partial charge in [-0.15, -0.1) is 0 Å². The molecular weight excluding hydrogens is 162 g/mol. The van der Waals surface area contributed by atoms with E-state index in [9.17, 15) is 4.79 Å². The van der Waals surface area contributed by atoms with Gasteiger partial charge in [0.25, 0.3) is 0 Å². The van der Waals surface area contributed by atoms with E-state index >= 15 is 0 Å². The zero-order valence-electron chi connectivity index (χ0n) is 9.18. The van der Waals surface area contributed by atoms with Crippen molar-refractivity contribution in [2.45, 2.75) is 58.9 Å². The van der Waals surface area contributed by atoms with Gasteiger partial charge in [0.1, 0.15) is 5.78 Å². The van der Waals surface area contributed by atoms with Gasteiger partial charge in [-0.1, -0.05) is 39.5 Å². The number of unbranched alkanes of at least 4 members (excludes halogenated alkanes) is 1. The largest absolute Gasteiger partial charge is 0.322 e. The first kappa shape index (κ1) is 12.6. The fourth-order valence-corrected chi connectivity index (χ4v) is 1.51. The highest BCUT2D eigenvalue weighted by atomic mass is 16.1. The first-order chi connectivity index (χ1) is 6.11. The molecule has 2 atom stereocenters. The third kappa shape index (κ3) is 5.81. The molecule has 0 bridgehead atoms. The number of carbonyl (C=O) groups excluding carboxylic acids is 1. The minimum atomic E-state index is -0.234. The summed E-state index contributed by atoms with van der Waals surface area (Å²) in [5, 5.41) is 0. The van der Waals surface area contributed by atoms with Gasteiger partial charge in [-0.2, -0.15) is 0 Å². The summed E-state index contributed by atoms with van der Waals surface area (Å²) in [5.74, 6) is 0.758. The van der Waals surface area contributed by atoms with Crippen LogP contribution in [0.5, 0.6) is 0 Å². The quantitative estimate of drug-likeness (QED) is 0.662. The Morgan fingerprint density at radius 1 is 1.38 bits per heavy atom. The summed E-state index contributed by atoms with van der Waals surface area (Å²) in [6.07, 6.45) is 5.70. The van der Waals surface area contributed by atoms with Crippen molar-refractivity contribution in [1.29, 1.82) is 0 Å². The molecule has 13 heavy (non-hydrogen) atoms. The summed E-state index contributed by atoms with van der Waals surface area (Å²) in [4.78, 5) is 10.9. The summed E-state index contributed by atoms with van der Waals surface area (Å²) < 4.78 is 0. The predicted molar refractivity (Wildman–Crippen MR) is 56.6 cm³/mol. The molecule has 0 radical (unpaired) electrons. The Morgan fingerprint density at radius 2 is 2.00 bits per heavy atom. The second-order valence-electron chi connectivity index (χ2n) is 3.87. The highest BCUT2D eigenvalue weighted by molar-refractivity contribution is 5.81. The number of hydrogen-bond donors (Lipinski definition) is 1. The molecule has 0 aliphatic rings. The maximum atomic E-state index is 10.9. The van der Waals surface area contributed by atoms with Crippen molar-refractivity contribution in [1.82, 2.24) is 0 Å². The highest BCUT2D eigenvalue weighted by Crippen LogP contribution is 2.17. The SMILES string of the molecule is CCCCC(CC)CC(N)C(C)=O. The second kappa shape index (κ2) is 7.07. The van der Waals surface area contributed by atoms with Gasteiger partial charge in [-0.05, 0) is 19.3 Å². The van der Waals surface area contributed by atoms with Crippen molar-refractivity contribution in [2.24, 2.45) is 11.7 Å². The van der Waals surface area contributed by atoms with Crippen molar-refractivity contribution in [3.63, 3.8) is 0 Å². The molecule has 0 aromatic heterocycles. The van der Waals surface area contributed by atoms with Crippen LogP contribution >= 0.6 is 0 Å². The fourth-order valence-electron chi connectivity index (χ4n) is 1.51. The van der Waals surface area contributed by atoms with Crippen molar-refractivity contribution >= 4 is 5.78 Å². The molecular formula is C11H23NO. The Bertz CT molecular complexity index is 145. The third-order valence-electron chi connectivity index (χ3n) is 2.65. The first-order valence-electron chi connectivity index (χ1n) is 5.37. The molecule has 0 aliphatic heterocycles.